The van der Waals surface area contributed by atoms with Gasteiger partial charge >= 0.3 is 0 Å². The quantitative estimate of drug-likeness (QED) is 0.942. The molecule has 0 unspecified atom stereocenters. The molecule has 1 fully saturated rings. The molecular formula is C18H21N3O. The number of hydrogen-bond acceptors (Lipinski definition) is 4. The van der Waals surface area contributed by atoms with Gasteiger partial charge in [0.05, 0.1) is 6.61 Å². The molecule has 4 heteroatoms. The van der Waals surface area contributed by atoms with E-state index in [-0.39, 0.29) is 6.61 Å². The highest BCUT2D eigenvalue weighted by molar-refractivity contribution is 5.67. The Morgan fingerprint density at radius 2 is 1.95 bits per heavy atom. The van der Waals surface area contributed by atoms with Crippen molar-refractivity contribution in [1.29, 1.82) is 0 Å². The Balaban J connectivity index is 1.83. The predicted molar refractivity (Wildman–Crippen MR) is 89.5 cm³/mol. The second-order valence-corrected chi connectivity index (χ2v) is 5.66. The van der Waals surface area contributed by atoms with Crippen LogP contribution < -0.4 is 4.90 Å². The summed E-state index contributed by atoms with van der Waals surface area (Å²) in [5.74, 6) is 1.75. The van der Waals surface area contributed by atoms with Crippen LogP contribution in [0.5, 0.6) is 0 Å². The van der Waals surface area contributed by atoms with Crippen molar-refractivity contribution < 1.29 is 5.11 Å². The second kappa shape index (κ2) is 6.71. The predicted octanol–water partition coefficient (Wildman–Crippen LogP) is 3.05. The summed E-state index contributed by atoms with van der Waals surface area (Å²) in [4.78, 5) is 11.5. The van der Waals surface area contributed by atoms with Gasteiger partial charge in [-0.3, -0.25) is 0 Å². The van der Waals surface area contributed by atoms with Gasteiger partial charge in [0.1, 0.15) is 5.82 Å². The molecule has 2 heterocycles. The normalized spacial score (nSPS) is 14.9. The van der Waals surface area contributed by atoms with Crippen LogP contribution in [-0.2, 0) is 6.61 Å². The van der Waals surface area contributed by atoms with E-state index in [1.54, 1.807) is 0 Å². The van der Waals surface area contributed by atoms with Gasteiger partial charge < -0.3 is 10.0 Å². The van der Waals surface area contributed by atoms with Crippen LogP contribution in [0.25, 0.3) is 12.2 Å². The third kappa shape index (κ3) is 3.52. The SMILES string of the molecule is Cc1cc(N2CCCC2)nc(/C=C/c2cccc(CO)c2)n1. The molecular weight excluding hydrogens is 274 g/mol. The number of nitrogens with zero attached hydrogens (tertiary/aromatic N) is 3. The van der Waals surface area contributed by atoms with E-state index in [1.165, 1.54) is 12.8 Å². The molecule has 3 rings (SSSR count). The minimum absolute atomic E-state index is 0.0573. The van der Waals surface area contributed by atoms with Crippen molar-refractivity contribution in [2.24, 2.45) is 0 Å². The first-order valence-corrected chi connectivity index (χ1v) is 7.73. The summed E-state index contributed by atoms with van der Waals surface area (Å²) in [6, 6.07) is 9.87. The molecule has 4 nitrogen and oxygen atoms in total. The maximum absolute atomic E-state index is 9.19. The zero-order valence-electron chi connectivity index (χ0n) is 12.9. The van der Waals surface area contributed by atoms with E-state index in [4.69, 9.17) is 0 Å². The van der Waals surface area contributed by atoms with Crippen LogP contribution in [0, 0.1) is 6.92 Å². The number of anilines is 1. The average molecular weight is 295 g/mol. The monoisotopic (exact) mass is 295 g/mol. The minimum atomic E-state index is 0.0573. The van der Waals surface area contributed by atoms with Crippen LogP contribution in [0.3, 0.4) is 0 Å². The molecule has 0 atom stereocenters. The molecule has 1 aromatic heterocycles. The molecule has 2 aromatic rings. The van der Waals surface area contributed by atoms with Gasteiger partial charge in [0.15, 0.2) is 5.82 Å². The van der Waals surface area contributed by atoms with E-state index in [2.05, 4.69) is 20.9 Å². The molecule has 1 N–H and O–H groups in total. The van der Waals surface area contributed by atoms with E-state index >= 15 is 0 Å². The Labute approximate surface area is 131 Å². The third-order valence-corrected chi connectivity index (χ3v) is 3.85. The Kier molecular flexibility index (Phi) is 4.49. The molecule has 1 aliphatic rings. The minimum Gasteiger partial charge on any atom is -0.392 e. The fourth-order valence-electron chi connectivity index (χ4n) is 2.72. The highest BCUT2D eigenvalue weighted by atomic mass is 16.3. The summed E-state index contributed by atoms with van der Waals surface area (Å²) in [5, 5.41) is 9.19. The molecule has 0 saturated carbocycles. The second-order valence-electron chi connectivity index (χ2n) is 5.66. The molecule has 0 amide bonds. The van der Waals surface area contributed by atoms with Crippen molar-refractivity contribution in [3.63, 3.8) is 0 Å². The van der Waals surface area contributed by atoms with Crippen LogP contribution in [0.2, 0.25) is 0 Å². The molecule has 1 aromatic carbocycles. The van der Waals surface area contributed by atoms with Gasteiger partial charge in [0, 0.05) is 24.8 Å². The summed E-state index contributed by atoms with van der Waals surface area (Å²) in [6.45, 7) is 4.23. The smallest absolute Gasteiger partial charge is 0.154 e. The van der Waals surface area contributed by atoms with E-state index in [1.807, 2.05) is 43.3 Å². The van der Waals surface area contributed by atoms with Crippen molar-refractivity contribution in [1.82, 2.24) is 9.97 Å². The molecule has 114 valence electrons. The van der Waals surface area contributed by atoms with Gasteiger partial charge in [0.2, 0.25) is 0 Å². The molecule has 0 aliphatic carbocycles. The van der Waals surface area contributed by atoms with Crippen LogP contribution in [0.1, 0.15) is 35.5 Å². The Hall–Kier alpha value is -2.20. The van der Waals surface area contributed by atoms with Gasteiger partial charge in [-0.2, -0.15) is 0 Å². The fourth-order valence-corrected chi connectivity index (χ4v) is 2.72. The van der Waals surface area contributed by atoms with Crippen molar-refractivity contribution in [2.75, 3.05) is 18.0 Å². The number of aliphatic hydroxyl groups is 1. The van der Waals surface area contributed by atoms with Crippen LogP contribution in [0.15, 0.2) is 30.3 Å². The Morgan fingerprint density at radius 3 is 2.73 bits per heavy atom. The number of benzene rings is 1. The lowest BCUT2D eigenvalue weighted by molar-refractivity contribution is 0.282. The molecule has 1 aliphatic heterocycles. The number of aliphatic hydroxyl groups excluding tert-OH is 1. The van der Waals surface area contributed by atoms with Gasteiger partial charge in [-0.05, 0) is 43.0 Å². The highest BCUT2D eigenvalue weighted by Gasteiger charge is 2.14. The van der Waals surface area contributed by atoms with Crippen molar-refractivity contribution in [3.8, 4) is 0 Å². The lowest BCUT2D eigenvalue weighted by Gasteiger charge is -2.16. The summed E-state index contributed by atoms with van der Waals surface area (Å²) < 4.78 is 0. The number of rotatable bonds is 4. The Morgan fingerprint density at radius 1 is 1.14 bits per heavy atom. The lowest BCUT2D eigenvalue weighted by atomic mass is 10.1. The standard InChI is InChI=1S/C18H21N3O/c1-14-11-18(21-9-2-3-10-21)20-17(19-14)8-7-15-5-4-6-16(12-15)13-22/h4-8,11-12,22H,2-3,9-10,13H2,1H3/b8-7+. The molecule has 0 radical (unpaired) electrons. The van der Waals surface area contributed by atoms with E-state index in [0.29, 0.717) is 0 Å². The van der Waals surface area contributed by atoms with Crippen LogP contribution in [-0.4, -0.2) is 28.2 Å². The van der Waals surface area contributed by atoms with Crippen molar-refractivity contribution in [3.05, 3.63) is 53.0 Å². The van der Waals surface area contributed by atoms with Gasteiger partial charge in [-0.25, -0.2) is 9.97 Å². The van der Waals surface area contributed by atoms with Gasteiger partial charge in [-0.1, -0.05) is 24.3 Å². The fraction of sp³-hybridized carbons (Fsp3) is 0.333. The first-order valence-electron chi connectivity index (χ1n) is 7.73. The van der Waals surface area contributed by atoms with E-state index in [9.17, 15) is 5.11 Å². The summed E-state index contributed by atoms with van der Waals surface area (Å²) in [7, 11) is 0. The zero-order valence-corrected chi connectivity index (χ0v) is 12.9. The lowest BCUT2D eigenvalue weighted by Crippen LogP contribution is -2.19. The van der Waals surface area contributed by atoms with Crippen molar-refractivity contribution in [2.45, 2.75) is 26.4 Å². The first-order chi connectivity index (χ1) is 10.7. The van der Waals surface area contributed by atoms with Gasteiger partial charge in [0.25, 0.3) is 0 Å². The maximum Gasteiger partial charge on any atom is 0.154 e. The molecule has 1 saturated heterocycles. The zero-order chi connectivity index (χ0) is 15.4. The van der Waals surface area contributed by atoms with Crippen molar-refractivity contribution >= 4 is 18.0 Å². The molecule has 0 bridgehead atoms. The van der Waals surface area contributed by atoms with E-state index < -0.39 is 0 Å². The molecule has 0 spiro atoms. The maximum atomic E-state index is 9.19. The topological polar surface area (TPSA) is 49.2 Å². The number of hydrogen-bond donors (Lipinski definition) is 1. The summed E-state index contributed by atoms with van der Waals surface area (Å²) >= 11 is 0. The highest BCUT2D eigenvalue weighted by Crippen LogP contribution is 2.19. The first kappa shape index (κ1) is 14.7. The van der Waals surface area contributed by atoms with Crippen LogP contribution >= 0.6 is 0 Å². The number of aromatic nitrogens is 2. The third-order valence-electron chi connectivity index (χ3n) is 3.85. The number of aryl methyl sites for hydroxylation is 1. The molecule has 22 heavy (non-hydrogen) atoms. The largest absolute Gasteiger partial charge is 0.392 e. The van der Waals surface area contributed by atoms with E-state index in [0.717, 1.165) is 41.6 Å². The Bertz CT molecular complexity index is 676. The van der Waals surface area contributed by atoms with Gasteiger partial charge in [-0.15, -0.1) is 0 Å². The summed E-state index contributed by atoms with van der Waals surface area (Å²) in [5.41, 5.74) is 2.94. The average Bonchev–Trinajstić information content (AvgIpc) is 3.07. The van der Waals surface area contributed by atoms with Crippen LogP contribution in [0.4, 0.5) is 5.82 Å². The summed E-state index contributed by atoms with van der Waals surface area (Å²) in [6.07, 6.45) is 6.40.